The van der Waals surface area contributed by atoms with Crippen LogP contribution in [0, 0.1) is 17.0 Å². The van der Waals surface area contributed by atoms with Crippen molar-refractivity contribution >= 4 is 33.0 Å². The van der Waals surface area contributed by atoms with Crippen molar-refractivity contribution in [3.8, 4) is 0 Å². The van der Waals surface area contributed by atoms with Crippen molar-refractivity contribution in [2.45, 2.75) is 11.8 Å². The number of amides is 1. The molecule has 2 aromatic carbocycles. The number of rotatable bonds is 6. The standard InChI is InChI=1S/C19H16N4O5S/c1-13-2-7-17(12-18(13)23(25)26)29(27,28)22-16-5-3-14(4-6-16)19(24)21-15-8-10-20-11-9-15/h2-12,22H,1H3,(H,20,21,24). The van der Waals surface area contributed by atoms with Crippen molar-refractivity contribution in [3.05, 3.63) is 88.2 Å². The van der Waals surface area contributed by atoms with E-state index in [1.165, 1.54) is 43.3 Å². The van der Waals surface area contributed by atoms with E-state index in [2.05, 4.69) is 15.0 Å². The Morgan fingerprint density at radius 1 is 1.00 bits per heavy atom. The van der Waals surface area contributed by atoms with Crippen LogP contribution in [0.3, 0.4) is 0 Å². The Morgan fingerprint density at radius 2 is 1.66 bits per heavy atom. The largest absolute Gasteiger partial charge is 0.322 e. The molecule has 0 spiro atoms. The molecule has 9 nitrogen and oxygen atoms in total. The lowest BCUT2D eigenvalue weighted by molar-refractivity contribution is -0.385. The highest BCUT2D eigenvalue weighted by Crippen LogP contribution is 2.24. The van der Waals surface area contributed by atoms with Gasteiger partial charge in [0, 0.05) is 41.0 Å². The fraction of sp³-hybridized carbons (Fsp3) is 0.0526. The van der Waals surface area contributed by atoms with Gasteiger partial charge in [0.2, 0.25) is 0 Å². The van der Waals surface area contributed by atoms with E-state index in [1.54, 1.807) is 24.5 Å². The number of pyridine rings is 1. The maximum absolute atomic E-state index is 12.5. The fourth-order valence-corrected chi connectivity index (χ4v) is 3.57. The molecule has 3 aromatic rings. The highest BCUT2D eigenvalue weighted by Gasteiger charge is 2.20. The second-order valence-corrected chi connectivity index (χ2v) is 7.76. The molecule has 1 aromatic heterocycles. The Hall–Kier alpha value is -3.79. The van der Waals surface area contributed by atoms with Crippen molar-refractivity contribution in [3.63, 3.8) is 0 Å². The lowest BCUT2D eigenvalue weighted by atomic mass is 10.2. The molecule has 0 bridgehead atoms. The number of aromatic nitrogens is 1. The Balaban J connectivity index is 1.76. The topological polar surface area (TPSA) is 131 Å². The maximum Gasteiger partial charge on any atom is 0.273 e. The molecular formula is C19H16N4O5S. The highest BCUT2D eigenvalue weighted by atomic mass is 32.2. The normalized spacial score (nSPS) is 10.9. The summed E-state index contributed by atoms with van der Waals surface area (Å²) in [5.41, 5.74) is 1.20. The average Bonchev–Trinajstić information content (AvgIpc) is 2.69. The molecule has 3 rings (SSSR count). The highest BCUT2D eigenvalue weighted by molar-refractivity contribution is 7.92. The summed E-state index contributed by atoms with van der Waals surface area (Å²) in [6, 6.07) is 12.7. The minimum Gasteiger partial charge on any atom is -0.322 e. The Labute approximate surface area is 166 Å². The summed E-state index contributed by atoms with van der Waals surface area (Å²) in [6.07, 6.45) is 3.09. The second kappa shape index (κ2) is 8.07. The lowest BCUT2D eigenvalue weighted by Crippen LogP contribution is -2.14. The summed E-state index contributed by atoms with van der Waals surface area (Å²) in [6.45, 7) is 1.53. The van der Waals surface area contributed by atoms with Gasteiger partial charge in [-0.05, 0) is 49.4 Å². The van der Waals surface area contributed by atoms with E-state index in [0.717, 1.165) is 6.07 Å². The maximum atomic E-state index is 12.5. The monoisotopic (exact) mass is 412 g/mol. The van der Waals surface area contributed by atoms with Gasteiger partial charge >= 0.3 is 0 Å². The van der Waals surface area contributed by atoms with Crippen LogP contribution in [0.2, 0.25) is 0 Å². The first-order valence-corrected chi connectivity index (χ1v) is 9.84. The molecule has 1 heterocycles. The minimum atomic E-state index is -4.03. The molecule has 0 aliphatic heterocycles. The molecule has 0 atom stereocenters. The van der Waals surface area contributed by atoms with Crippen molar-refractivity contribution in [2.75, 3.05) is 10.0 Å². The number of carbonyl (C=O) groups is 1. The molecule has 29 heavy (non-hydrogen) atoms. The lowest BCUT2D eigenvalue weighted by Gasteiger charge is -2.10. The van der Waals surface area contributed by atoms with Gasteiger partial charge in [0.15, 0.2) is 0 Å². The van der Waals surface area contributed by atoms with Gasteiger partial charge in [0.25, 0.3) is 21.6 Å². The number of aryl methyl sites for hydroxylation is 1. The molecule has 0 aliphatic rings. The summed E-state index contributed by atoms with van der Waals surface area (Å²) in [4.78, 5) is 26.3. The van der Waals surface area contributed by atoms with Crippen LogP contribution in [-0.2, 0) is 10.0 Å². The van der Waals surface area contributed by atoms with E-state index in [9.17, 15) is 23.3 Å². The van der Waals surface area contributed by atoms with Crippen LogP contribution in [0.4, 0.5) is 17.1 Å². The van der Waals surface area contributed by atoms with Crippen LogP contribution >= 0.6 is 0 Å². The summed E-state index contributed by atoms with van der Waals surface area (Å²) in [7, 11) is -4.03. The van der Waals surface area contributed by atoms with Gasteiger partial charge < -0.3 is 5.32 Å². The number of sulfonamides is 1. The minimum absolute atomic E-state index is 0.216. The summed E-state index contributed by atoms with van der Waals surface area (Å²) >= 11 is 0. The van der Waals surface area contributed by atoms with Crippen LogP contribution in [-0.4, -0.2) is 24.2 Å². The van der Waals surface area contributed by atoms with Gasteiger partial charge in [0.05, 0.1) is 9.82 Å². The predicted octanol–water partition coefficient (Wildman–Crippen LogP) is 3.35. The van der Waals surface area contributed by atoms with Gasteiger partial charge in [-0.15, -0.1) is 0 Å². The Bertz CT molecular complexity index is 1160. The molecule has 0 unspecified atom stereocenters. The first-order valence-electron chi connectivity index (χ1n) is 8.35. The van der Waals surface area contributed by atoms with Crippen molar-refractivity contribution in [2.24, 2.45) is 0 Å². The number of nitrogens with zero attached hydrogens (tertiary/aromatic N) is 2. The van der Waals surface area contributed by atoms with Gasteiger partial charge in [-0.25, -0.2) is 8.42 Å². The molecule has 148 valence electrons. The first kappa shape index (κ1) is 20.0. The molecule has 0 saturated carbocycles. The fourth-order valence-electron chi connectivity index (χ4n) is 2.50. The molecular weight excluding hydrogens is 396 g/mol. The molecule has 1 amide bonds. The number of anilines is 2. The first-order chi connectivity index (χ1) is 13.8. The molecule has 0 fully saturated rings. The third kappa shape index (κ3) is 4.74. The smallest absolute Gasteiger partial charge is 0.273 e. The molecule has 0 aliphatic carbocycles. The van der Waals surface area contributed by atoms with Gasteiger partial charge in [-0.1, -0.05) is 6.07 Å². The Morgan fingerprint density at radius 3 is 2.28 bits per heavy atom. The zero-order chi connectivity index (χ0) is 21.0. The number of hydrogen-bond donors (Lipinski definition) is 2. The van der Waals surface area contributed by atoms with E-state index in [4.69, 9.17) is 0 Å². The second-order valence-electron chi connectivity index (χ2n) is 6.08. The molecule has 0 saturated heterocycles. The van der Waals surface area contributed by atoms with Crippen LogP contribution in [0.5, 0.6) is 0 Å². The summed E-state index contributed by atoms with van der Waals surface area (Å²) < 4.78 is 27.4. The number of carbonyl (C=O) groups excluding carboxylic acids is 1. The van der Waals surface area contributed by atoms with Gasteiger partial charge in [0.1, 0.15) is 0 Å². The predicted molar refractivity (Wildman–Crippen MR) is 107 cm³/mol. The van der Waals surface area contributed by atoms with Crippen molar-refractivity contribution in [1.82, 2.24) is 4.98 Å². The van der Waals surface area contributed by atoms with E-state index >= 15 is 0 Å². The SMILES string of the molecule is Cc1ccc(S(=O)(=O)Nc2ccc(C(=O)Nc3ccncc3)cc2)cc1[N+](=O)[O-]. The zero-order valence-electron chi connectivity index (χ0n) is 15.2. The van der Waals surface area contributed by atoms with Crippen LogP contribution in [0.1, 0.15) is 15.9 Å². The zero-order valence-corrected chi connectivity index (χ0v) is 16.0. The number of hydrogen-bond acceptors (Lipinski definition) is 6. The van der Waals surface area contributed by atoms with E-state index in [0.29, 0.717) is 16.8 Å². The van der Waals surface area contributed by atoms with Crippen LogP contribution in [0.25, 0.3) is 0 Å². The third-order valence-corrected chi connectivity index (χ3v) is 5.40. The number of nitrogens with one attached hydrogen (secondary N) is 2. The summed E-state index contributed by atoms with van der Waals surface area (Å²) in [5.74, 6) is -0.361. The van der Waals surface area contributed by atoms with E-state index < -0.39 is 14.9 Å². The summed E-state index contributed by atoms with van der Waals surface area (Å²) in [5, 5.41) is 13.7. The van der Waals surface area contributed by atoms with Gasteiger partial charge in [-0.2, -0.15) is 0 Å². The van der Waals surface area contributed by atoms with Crippen LogP contribution < -0.4 is 10.0 Å². The number of nitro benzene ring substituents is 1. The molecule has 10 heteroatoms. The average molecular weight is 412 g/mol. The van der Waals surface area contributed by atoms with Crippen molar-refractivity contribution < 1.29 is 18.1 Å². The Kier molecular flexibility index (Phi) is 5.55. The number of benzene rings is 2. The van der Waals surface area contributed by atoms with Crippen LogP contribution in [0.15, 0.2) is 71.9 Å². The van der Waals surface area contributed by atoms with E-state index in [1.807, 2.05) is 0 Å². The van der Waals surface area contributed by atoms with E-state index in [-0.39, 0.29) is 22.2 Å². The number of nitro groups is 1. The van der Waals surface area contributed by atoms with Crippen molar-refractivity contribution in [1.29, 1.82) is 0 Å². The molecule has 0 radical (unpaired) electrons. The third-order valence-electron chi connectivity index (χ3n) is 4.03. The quantitative estimate of drug-likeness (QED) is 0.471. The molecule has 2 N–H and O–H groups in total. The van der Waals surface area contributed by atoms with Gasteiger partial charge in [-0.3, -0.25) is 24.6 Å².